The van der Waals surface area contributed by atoms with E-state index >= 15 is 0 Å². The largest absolute Gasteiger partial charge is 0.480 e. The number of hydrogen-bond acceptors (Lipinski definition) is 3. The minimum absolute atomic E-state index is 0.0700. The standard InChI is InChI=1S/C12H13F2NO4/c1-6-2-3-7(13)9(10(6)14)11(17)15-8(4-5-16)12(18)19/h2-3,8,16H,4-5H2,1H3,(H,15,17)(H,18,19)/t8-/m1/s1. The molecular formula is C12H13F2NO4. The Hall–Kier alpha value is -2.02. The molecule has 1 atom stereocenters. The fraction of sp³-hybridized carbons (Fsp3) is 0.333. The van der Waals surface area contributed by atoms with E-state index < -0.39 is 41.7 Å². The van der Waals surface area contributed by atoms with Gasteiger partial charge in [0.1, 0.15) is 23.2 Å². The Balaban J connectivity index is 3.01. The number of carbonyl (C=O) groups is 2. The number of benzene rings is 1. The van der Waals surface area contributed by atoms with Crippen LogP contribution in [-0.4, -0.2) is 34.7 Å². The number of hydrogen-bond donors (Lipinski definition) is 3. The SMILES string of the molecule is Cc1ccc(F)c(C(=O)N[C@H](CCO)C(=O)O)c1F. The molecule has 1 aromatic carbocycles. The second kappa shape index (κ2) is 6.24. The first-order valence-electron chi connectivity index (χ1n) is 5.47. The fourth-order valence-electron chi connectivity index (χ4n) is 1.48. The highest BCUT2D eigenvalue weighted by atomic mass is 19.1. The molecule has 7 heteroatoms. The van der Waals surface area contributed by atoms with Gasteiger partial charge in [0.2, 0.25) is 0 Å². The van der Waals surface area contributed by atoms with Crippen molar-refractivity contribution in [3.05, 3.63) is 34.9 Å². The quantitative estimate of drug-likeness (QED) is 0.742. The van der Waals surface area contributed by atoms with Gasteiger partial charge in [-0.05, 0) is 18.6 Å². The van der Waals surface area contributed by atoms with Crippen LogP contribution in [0.15, 0.2) is 12.1 Å². The highest BCUT2D eigenvalue weighted by Crippen LogP contribution is 2.16. The molecule has 5 nitrogen and oxygen atoms in total. The van der Waals surface area contributed by atoms with E-state index in [-0.39, 0.29) is 12.0 Å². The summed E-state index contributed by atoms with van der Waals surface area (Å²) in [6, 6.07) is 0.690. The van der Waals surface area contributed by atoms with Gasteiger partial charge in [-0.25, -0.2) is 13.6 Å². The smallest absolute Gasteiger partial charge is 0.326 e. The van der Waals surface area contributed by atoms with Crippen molar-refractivity contribution in [1.82, 2.24) is 5.32 Å². The Labute approximate surface area is 107 Å². The van der Waals surface area contributed by atoms with Crippen molar-refractivity contribution in [3.8, 4) is 0 Å². The van der Waals surface area contributed by atoms with Crippen molar-refractivity contribution in [3.63, 3.8) is 0 Å². The number of amides is 1. The topological polar surface area (TPSA) is 86.6 Å². The summed E-state index contributed by atoms with van der Waals surface area (Å²) >= 11 is 0. The van der Waals surface area contributed by atoms with Crippen LogP contribution >= 0.6 is 0 Å². The Morgan fingerprint density at radius 2 is 2.00 bits per heavy atom. The van der Waals surface area contributed by atoms with Gasteiger partial charge >= 0.3 is 5.97 Å². The van der Waals surface area contributed by atoms with Crippen molar-refractivity contribution in [2.24, 2.45) is 0 Å². The molecule has 1 aromatic rings. The molecule has 0 aliphatic heterocycles. The number of rotatable bonds is 5. The molecule has 19 heavy (non-hydrogen) atoms. The molecule has 3 N–H and O–H groups in total. The van der Waals surface area contributed by atoms with Gasteiger partial charge in [0.25, 0.3) is 5.91 Å². The van der Waals surface area contributed by atoms with Crippen LogP contribution in [0.5, 0.6) is 0 Å². The molecule has 0 heterocycles. The summed E-state index contributed by atoms with van der Waals surface area (Å²) in [6.45, 7) is 0.879. The number of aryl methyl sites for hydroxylation is 1. The van der Waals surface area contributed by atoms with Crippen molar-refractivity contribution < 1.29 is 28.6 Å². The van der Waals surface area contributed by atoms with Crippen LogP contribution in [0, 0.1) is 18.6 Å². The molecule has 0 bridgehead atoms. The number of nitrogens with one attached hydrogen (secondary N) is 1. The van der Waals surface area contributed by atoms with Crippen LogP contribution in [0.4, 0.5) is 8.78 Å². The van der Waals surface area contributed by atoms with Crippen LogP contribution in [0.2, 0.25) is 0 Å². The highest BCUT2D eigenvalue weighted by molar-refractivity contribution is 5.97. The Morgan fingerprint density at radius 3 is 2.53 bits per heavy atom. The van der Waals surface area contributed by atoms with Gasteiger partial charge in [-0.3, -0.25) is 4.79 Å². The van der Waals surface area contributed by atoms with Crippen LogP contribution in [0.25, 0.3) is 0 Å². The van der Waals surface area contributed by atoms with Gasteiger partial charge in [-0.1, -0.05) is 6.07 Å². The molecule has 0 unspecified atom stereocenters. The van der Waals surface area contributed by atoms with Crippen molar-refractivity contribution >= 4 is 11.9 Å². The number of carboxylic acids is 1. The molecule has 0 aliphatic carbocycles. The number of halogens is 2. The zero-order valence-electron chi connectivity index (χ0n) is 10.1. The molecule has 0 spiro atoms. The third-order valence-corrected chi connectivity index (χ3v) is 2.53. The number of aliphatic hydroxyl groups excluding tert-OH is 1. The maximum atomic E-state index is 13.7. The van der Waals surface area contributed by atoms with E-state index in [1.807, 2.05) is 5.32 Å². The Morgan fingerprint density at radius 1 is 1.37 bits per heavy atom. The van der Waals surface area contributed by atoms with Gasteiger partial charge in [-0.2, -0.15) is 0 Å². The van der Waals surface area contributed by atoms with E-state index in [9.17, 15) is 18.4 Å². The van der Waals surface area contributed by atoms with E-state index in [2.05, 4.69) is 0 Å². The minimum atomic E-state index is -1.41. The number of aliphatic hydroxyl groups is 1. The molecular weight excluding hydrogens is 260 g/mol. The lowest BCUT2D eigenvalue weighted by atomic mass is 10.1. The van der Waals surface area contributed by atoms with Gasteiger partial charge in [0.15, 0.2) is 0 Å². The summed E-state index contributed by atoms with van der Waals surface area (Å²) in [4.78, 5) is 22.5. The molecule has 0 saturated carbocycles. The van der Waals surface area contributed by atoms with Crippen LogP contribution < -0.4 is 5.32 Å². The summed E-state index contributed by atoms with van der Waals surface area (Å²) in [5.41, 5.74) is -0.759. The second-order valence-corrected chi connectivity index (χ2v) is 3.93. The molecule has 0 aliphatic rings. The predicted molar refractivity (Wildman–Crippen MR) is 61.7 cm³/mol. The first-order chi connectivity index (χ1) is 8.88. The molecule has 1 amide bonds. The third kappa shape index (κ3) is 3.47. The summed E-state index contributed by atoms with van der Waals surface area (Å²) in [5.74, 6) is -4.67. The molecule has 0 radical (unpaired) electrons. The first-order valence-corrected chi connectivity index (χ1v) is 5.47. The summed E-state index contributed by atoms with van der Waals surface area (Å²) in [6.07, 6.45) is -0.254. The Kier molecular flexibility index (Phi) is 4.94. The maximum Gasteiger partial charge on any atom is 0.326 e. The summed E-state index contributed by atoms with van der Waals surface area (Å²) in [7, 11) is 0. The van der Waals surface area contributed by atoms with Gasteiger partial charge in [0.05, 0.1) is 0 Å². The lowest BCUT2D eigenvalue weighted by Crippen LogP contribution is -2.42. The minimum Gasteiger partial charge on any atom is -0.480 e. The van der Waals surface area contributed by atoms with Crippen molar-refractivity contribution in [2.45, 2.75) is 19.4 Å². The van der Waals surface area contributed by atoms with Crippen LogP contribution in [-0.2, 0) is 4.79 Å². The summed E-state index contributed by atoms with van der Waals surface area (Å²) < 4.78 is 27.1. The normalized spacial score (nSPS) is 12.0. The number of aliphatic carboxylic acids is 1. The van der Waals surface area contributed by atoms with Gasteiger partial charge < -0.3 is 15.5 Å². The van der Waals surface area contributed by atoms with Crippen LogP contribution in [0.1, 0.15) is 22.3 Å². The van der Waals surface area contributed by atoms with Crippen LogP contribution in [0.3, 0.4) is 0 Å². The van der Waals surface area contributed by atoms with E-state index in [4.69, 9.17) is 10.2 Å². The second-order valence-electron chi connectivity index (χ2n) is 3.93. The molecule has 104 valence electrons. The average Bonchev–Trinajstić information content (AvgIpc) is 2.33. The van der Waals surface area contributed by atoms with Crippen molar-refractivity contribution in [2.75, 3.05) is 6.61 Å². The van der Waals surface area contributed by atoms with E-state index in [0.29, 0.717) is 0 Å². The Bertz CT molecular complexity index is 505. The molecule has 0 aromatic heterocycles. The molecule has 0 fully saturated rings. The number of carboxylic acid groups (broad SMARTS) is 1. The zero-order chi connectivity index (χ0) is 14.6. The first kappa shape index (κ1) is 15.0. The van der Waals surface area contributed by atoms with Gasteiger partial charge in [0, 0.05) is 13.0 Å². The van der Waals surface area contributed by atoms with E-state index in [1.165, 1.54) is 13.0 Å². The molecule has 1 rings (SSSR count). The average molecular weight is 273 g/mol. The zero-order valence-corrected chi connectivity index (χ0v) is 10.1. The summed E-state index contributed by atoms with van der Waals surface area (Å²) in [5, 5.41) is 19.4. The molecule has 0 saturated heterocycles. The van der Waals surface area contributed by atoms with Gasteiger partial charge in [-0.15, -0.1) is 0 Å². The number of carbonyl (C=O) groups excluding carboxylic acids is 1. The fourth-order valence-corrected chi connectivity index (χ4v) is 1.48. The third-order valence-electron chi connectivity index (χ3n) is 2.53. The maximum absolute atomic E-state index is 13.7. The highest BCUT2D eigenvalue weighted by Gasteiger charge is 2.24. The van der Waals surface area contributed by atoms with Crippen molar-refractivity contribution in [1.29, 1.82) is 0 Å². The van der Waals surface area contributed by atoms with E-state index in [0.717, 1.165) is 6.07 Å². The lowest BCUT2D eigenvalue weighted by molar-refractivity contribution is -0.139. The van der Waals surface area contributed by atoms with E-state index in [1.54, 1.807) is 0 Å². The monoisotopic (exact) mass is 273 g/mol. The lowest BCUT2D eigenvalue weighted by Gasteiger charge is -2.14. The predicted octanol–water partition coefficient (Wildman–Crippen LogP) is 0.839.